The van der Waals surface area contributed by atoms with Gasteiger partial charge >= 0.3 is 0 Å². The van der Waals surface area contributed by atoms with E-state index in [1.54, 1.807) is 6.07 Å². The summed E-state index contributed by atoms with van der Waals surface area (Å²) in [6, 6.07) is 15.1. The molecule has 5 heteroatoms. The van der Waals surface area contributed by atoms with Crippen molar-refractivity contribution in [1.29, 1.82) is 0 Å². The van der Waals surface area contributed by atoms with Crippen molar-refractivity contribution in [1.82, 2.24) is 9.55 Å². The van der Waals surface area contributed by atoms with E-state index in [1.165, 1.54) is 0 Å². The van der Waals surface area contributed by atoms with Gasteiger partial charge in [0.05, 0.1) is 17.6 Å². The van der Waals surface area contributed by atoms with Crippen molar-refractivity contribution in [2.24, 2.45) is 0 Å². The molecule has 0 aliphatic carbocycles. The summed E-state index contributed by atoms with van der Waals surface area (Å²) in [6.07, 6.45) is 0. The van der Waals surface area contributed by atoms with Crippen molar-refractivity contribution >= 4 is 22.6 Å². The van der Waals surface area contributed by atoms with E-state index in [-0.39, 0.29) is 6.61 Å². The number of rotatable bonds is 5. The molecule has 1 heterocycles. The fourth-order valence-electron chi connectivity index (χ4n) is 2.31. The average Bonchev–Trinajstić information content (AvgIpc) is 2.86. The molecule has 3 aromatic rings. The molecule has 0 spiro atoms. The Hall–Kier alpha value is -2.04. The number of para-hydroxylation sites is 2. The summed E-state index contributed by atoms with van der Waals surface area (Å²) in [5.41, 5.74) is 1.88. The minimum absolute atomic E-state index is 0.0914. The molecule has 0 saturated heterocycles. The highest BCUT2D eigenvalue weighted by molar-refractivity contribution is 6.30. The van der Waals surface area contributed by atoms with Crippen LogP contribution >= 0.6 is 11.6 Å². The van der Waals surface area contributed by atoms with Crippen molar-refractivity contribution in [3.8, 4) is 5.75 Å². The number of aromatic nitrogens is 2. The van der Waals surface area contributed by atoms with Gasteiger partial charge in [0.2, 0.25) is 0 Å². The first-order valence-corrected chi connectivity index (χ1v) is 7.09. The van der Waals surface area contributed by atoms with Crippen LogP contribution in [0.1, 0.15) is 5.82 Å². The molecule has 0 radical (unpaired) electrons. The monoisotopic (exact) mass is 302 g/mol. The predicted octanol–water partition coefficient (Wildman–Crippen LogP) is 3.26. The fourth-order valence-corrected chi connectivity index (χ4v) is 2.49. The largest absolute Gasteiger partial charge is 0.492 e. The Balaban J connectivity index is 1.75. The van der Waals surface area contributed by atoms with E-state index in [0.29, 0.717) is 24.0 Å². The van der Waals surface area contributed by atoms with Crippen LogP contribution in [-0.4, -0.2) is 21.3 Å². The third-order valence-corrected chi connectivity index (χ3v) is 3.49. The van der Waals surface area contributed by atoms with Gasteiger partial charge < -0.3 is 14.4 Å². The average molecular weight is 303 g/mol. The lowest BCUT2D eigenvalue weighted by Gasteiger charge is -2.10. The van der Waals surface area contributed by atoms with Crippen LogP contribution in [0.5, 0.6) is 5.75 Å². The Morgan fingerprint density at radius 3 is 2.81 bits per heavy atom. The zero-order chi connectivity index (χ0) is 14.7. The zero-order valence-corrected chi connectivity index (χ0v) is 12.1. The first-order chi connectivity index (χ1) is 10.3. The maximum absolute atomic E-state index is 9.43. The lowest BCUT2D eigenvalue weighted by atomic mass is 10.3. The number of fused-ring (bicyclic) bond motifs is 1. The van der Waals surface area contributed by atoms with Crippen LogP contribution in [-0.2, 0) is 13.2 Å². The smallest absolute Gasteiger partial charge is 0.135 e. The van der Waals surface area contributed by atoms with E-state index in [2.05, 4.69) is 4.98 Å². The van der Waals surface area contributed by atoms with E-state index >= 15 is 0 Å². The Morgan fingerprint density at radius 1 is 1.14 bits per heavy atom. The van der Waals surface area contributed by atoms with Crippen LogP contribution in [0.2, 0.25) is 5.02 Å². The van der Waals surface area contributed by atoms with Gasteiger partial charge in [-0.3, -0.25) is 0 Å². The molecule has 0 unspecified atom stereocenters. The number of imidazole rings is 1. The van der Waals surface area contributed by atoms with Crippen LogP contribution in [0, 0.1) is 0 Å². The maximum Gasteiger partial charge on any atom is 0.135 e. The summed E-state index contributed by atoms with van der Waals surface area (Å²) in [5, 5.41) is 10.1. The predicted molar refractivity (Wildman–Crippen MR) is 82.6 cm³/mol. The Bertz CT molecular complexity index is 755. The summed E-state index contributed by atoms with van der Waals surface area (Å²) >= 11 is 5.92. The van der Waals surface area contributed by atoms with Gasteiger partial charge in [0.15, 0.2) is 0 Å². The number of hydrogen-bond donors (Lipinski definition) is 1. The van der Waals surface area contributed by atoms with Crippen LogP contribution in [0.25, 0.3) is 11.0 Å². The van der Waals surface area contributed by atoms with Crippen LogP contribution in [0.3, 0.4) is 0 Å². The van der Waals surface area contributed by atoms with E-state index in [9.17, 15) is 5.11 Å². The van der Waals surface area contributed by atoms with Crippen molar-refractivity contribution in [2.45, 2.75) is 13.2 Å². The summed E-state index contributed by atoms with van der Waals surface area (Å²) in [7, 11) is 0. The van der Waals surface area contributed by atoms with Crippen molar-refractivity contribution in [2.75, 3.05) is 6.61 Å². The molecule has 21 heavy (non-hydrogen) atoms. The molecule has 3 rings (SSSR count). The molecule has 0 amide bonds. The molecule has 1 N–H and O–H groups in total. The van der Waals surface area contributed by atoms with Gasteiger partial charge in [-0.1, -0.05) is 29.8 Å². The first-order valence-electron chi connectivity index (χ1n) is 6.71. The minimum atomic E-state index is -0.0914. The van der Waals surface area contributed by atoms with Crippen molar-refractivity contribution in [3.05, 3.63) is 59.4 Å². The lowest BCUT2D eigenvalue weighted by Crippen LogP contribution is -2.11. The third-order valence-electron chi connectivity index (χ3n) is 3.25. The number of ether oxygens (including phenoxy) is 1. The SMILES string of the molecule is OCc1nc2ccccc2n1CCOc1cccc(Cl)c1. The number of hydrogen-bond acceptors (Lipinski definition) is 3. The first kappa shape index (κ1) is 13.9. The highest BCUT2D eigenvalue weighted by Gasteiger charge is 2.09. The highest BCUT2D eigenvalue weighted by Crippen LogP contribution is 2.18. The van der Waals surface area contributed by atoms with E-state index in [1.807, 2.05) is 47.0 Å². The molecule has 0 fully saturated rings. The zero-order valence-electron chi connectivity index (χ0n) is 11.4. The standard InChI is InChI=1S/C16H15ClN2O2/c17-12-4-3-5-13(10-12)21-9-8-19-15-7-2-1-6-14(15)18-16(19)11-20/h1-7,10,20H,8-9,11H2. The van der Waals surface area contributed by atoms with Gasteiger partial charge in [0.1, 0.15) is 24.8 Å². The fraction of sp³-hybridized carbons (Fsp3) is 0.188. The molecule has 0 atom stereocenters. The number of halogens is 1. The van der Waals surface area contributed by atoms with Gasteiger partial charge in [0.25, 0.3) is 0 Å². The second-order valence-corrected chi connectivity index (χ2v) is 5.07. The Labute approximate surface area is 127 Å². The van der Waals surface area contributed by atoms with Crippen LogP contribution in [0.15, 0.2) is 48.5 Å². The van der Waals surface area contributed by atoms with Gasteiger partial charge in [0, 0.05) is 5.02 Å². The normalized spacial score (nSPS) is 11.0. The second-order valence-electron chi connectivity index (χ2n) is 4.63. The topological polar surface area (TPSA) is 47.3 Å². The minimum Gasteiger partial charge on any atom is -0.492 e. The van der Waals surface area contributed by atoms with Crippen molar-refractivity contribution < 1.29 is 9.84 Å². The van der Waals surface area contributed by atoms with E-state index < -0.39 is 0 Å². The maximum atomic E-state index is 9.43. The Morgan fingerprint density at radius 2 is 2.00 bits per heavy atom. The molecular formula is C16H15ClN2O2. The van der Waals surface area contributed by atoms with Crippen LogP contribution < -0.4 is 4.74 Å². The van der Waals surface area contributed by atoms with Crippen molar-refractivity contribution in [3.63, 3.8) is 0 Å². The molecule has 0 aliphatic rings. The van der Waals surface area contributed by atoms with Crippen LogP contribution in [0.4, 0.5) is 0 Å². The highest BCUT2D eigenvalue weighted by atomic mass is 35.5. The molecule has 2 aromatic carbocycles. The molecule has 0 bridgehead atoms. The third kappa shape index (κ3) is 3.01. The van der Waals surface area contributed by atoms with E-state index in [0.717, 1.165) is 16.8 Å². The van der Waals surface area contributed by atoms with Gasteiger partial charge in [-0.05, 0) is 30.3 Å². The second kappa shape index (κ2) is 6.16. The molecule has 4 nitrogen and oxygen atoms in total. The Kier molecular flexibility index (Phi) is 4.08. The molecule has 0 saturated carbocycles. The summed E-state index contributed by atoms with van der Waals surface area (Å²) < 4.78 is 7.67. The molecular weight excluding hydrogens is 288 g/mol. The summed E-state index contributed by atoms with van der Waals surface area (Å²) in [4.78, 5) is 4.41. The quantitative estimate of drug-likeness (QED) is 0.787. The van der Waals surface area contributed by atoms with E-state index in [4.69, 9.17) is 16.3 Å². The van der Waals surface area contributed by atoms with Gasteiger partial charge in [-0.15, -0.1) is 0 Å². The number of nitrogens with zero attached hydrogens (tertiary/aromatic N) is 2. The molecule has 0 aliphatic heterocycles. The molecule has 1 aromatic heterocycles. The number of benzene rings is 2. The number of aliphatic hydroxyl groups is 1. The number of aliphatic hydroxyl groups excluding tert-OH is 1. The lowest BCUT2D eigenvalue weighted by molar-refractivity contribution is 0.255. The molecule has 108 valence electrons. The summed E-state index contributed by atoms with van der Waals surface area (Å²) in [5.74, 6) is 1.38. The van der Waals surface area contributed by atoms with Gasteiger partial charge in [-0.2, -0.15) is 0 Å². The summed E-state index contributed by atoms with van der Waals surface area (Å²) in [6.45, 7) is 1.00. The van der Waals surface area contributed by atoms with Gasteiger partial charge in [-0.25, -0.2) is 4.98 Å².